The van der Waals surface area contributed by atoms with Crippen LogP contribution in [0.1, 0.15) is 62.3 Å². The van der Waals surface area contributed by atoms with Crippen molar-refractivity contribution in [1.82, 2.24) is 25.4 Å². The molecule has 0 amide bonds. The summed E-state index contributed by atoms with van der Waals surface area (Å²) in [6.07, 6.45) is 5.06. The van der Waals surface area contributed by atoms with Gasteiger partial charge in [0.2, 0.25) is 0 Å². The molecule has 0 bridgehead atoms. The number of guanidine groups is 1. The summed E-state index contributed by atoms with van der Waals surface area (Å²) in [6.45, 7) is 9.27. The molecule has 1 heterocycles. The van der Waals surface area contributed by atoms with Crippen LogP contribution >= 0.6 is 0 Å². The summed E-state index contributed by atoms with van der Waals surface area (Å²) in [6, 6.07) is 6.78. The highest BCUT2D eigenvalue weighted by Crippen LogP contribution is 2.23. The van der Waals surface area contributed by atoms with Gasteiger partial charge in [-0.1, -0.05) is 25.0 Å². The Labute approximate surface area is 174 Å². The Kier molecular flexibility index (Phi) is 7.12. The normalized spacial score (nSPS) is 15.2. The highest BCUT2D eigenvalue weighted by atomic mass is 16.5. The van der Waals surface area contributed by atoms with Crippen LogP contribution < -0.4 is 15.4 Å². The van der Waals surface area contributed by atoms with E-state index in [1.54, 1.807) is 0 Å². The first-order chi connectivity index (χ1) is 13.9. The molecule has 1 saturated carbocycles. The minimum Gasteiger partial charge on any atom is -0.491 e. The Morgan fingerprint density at radius 2 is 2.00 bits per heavy atom. The molecule has 158 valence electrons. The molecule has 0 unspecified atom stereocenters. The van der Waals surface area contributed by atoms with Crippen LogP contribution in [0.2, 0.25) is 0 Å². The maximum atomic E-state index is 6.01. The predicted molar refractivity (Wildman–Crippen MR) is 116 cm³/mol. The van der Waals surface area contributed by atoms with Gasteiger partial charge in [-0.25, -0.2) is 4.99 Å². The number of nitrogens with zero attached hydrogens (tertiary/aromatic N) is 4. The molecule has 0 aliphatic heterocycles. The largest absolute Gasteiger partial charge is 0.491 e. The second kappa shape index (κ2) is 9.76. The van der Waals surface area contributed by atoms with Gasteiger partial charge in [0.15, 0.2) is 11.8 Å². The average Bonchev–Trinajstić information content (AvgIpc) is 3.29. The van der Waals surface area contributed by atoms with Crippen LogP contribution in [0.15, 0.2) is 23.2 Å². The first kappa shape index (κ1) is 21.1. The molecule has 0 radical (unpaired) electrons. The van der Waals surface area contributed by atoms with Gasteiger partial charge in [-0.2, -0.15) is 0 Å². The van der Waals surface area contributed by atoms with Crippen LogP contribution in [0, 0.1) is 13.8 Å². The van der Waals surface area contributed by atoms with Crippen molar-refractivity contribution in [2.45, 2.75) is 78.6 Å². The molecule has 1 fully saturated rings. The van der Waals surface area contributed by atoms with Crippen molar-refractivity contribution in [3.63, 3.8) is 0 Å². The Bertz CT molecular complexity index is 836. The van der Waals surface area contributed by atoms with Crippen molar-refractivity contribution in [1.29, 1.82) is 0 Å². The molecule has 7 nitrogen and oxygen atoms in total. The number of hydrogen-bond donors (Lipinski definition) is 2. The van der Waals surface area contributed by atoms with E-state index in [2.05, 4.69) is 46.0 Å². The van der Waals surface area contributed by atoms with Crippen molar-refractivity contribution >= 4 is 5.96 Å². The fraction of sp³-hybridized carbons (Fsp3) is 0.591. The van der Waals surface area contributed by atoms with Crippen molar-refractivity contribution in [2.24, 2.45) is 12.0 Å². The van der Waals surface area contributed by atoms with Crippen molar-refractivity contribution in [3.8, 4) is 5.75 Å². The third kappa shape index (κ3) is 5.95. The standard InChI is InChI=1S/C22H34N6O/c1-15(2)29-20-12-16(3)10-11-18(20)13-23-22(25-19-8-6-7-9-19)24-14-21-27-26-17(4)28(21)5/h10-12,15,19H,6-9,13-14H2,1-5H3,(H2,23,24,25). The van der Waals surface area contributed by atoms with E-state index in [1.165, 1.54) is 31.2 Å². The zero-order valence-electron chi connectivity index (χ0n) is 18.3. The van der Waals surface area contributed by atoms with Gasteiger partial charge in [0.1, 0.15) is 11.6 Å². The molecule has 0 spiro atoms. The number of rotatable bonds is 7. The fourth-order valence-corrected chi connectivity index (χ4v) is 3.50. The van der Waals surface area contributed by atoms with E-state index < -0.39 is 0 Å². The third-order valence-corrected chi connectivity index (χ3v) is 5.29. The van der Waals surface area contributed by atoms with Crippen LogP contribution in [0.4, 0.5) is 0 Å². The van der Waals surface area contributed by atoms with Crippen molar-refractivity contribution in [3.05, 3.63) is 41.0 Å². The average molecular weight is 399 g/mol. The van der Waals surface area contributed by atoms with Crippen molar-refractivity contribution < 1.29 is 4.74 Å². The molecule has 1 aromatic carbocycles. The van der Waals surface area contributed by atoms with Crippen LogP contribution in [-0.4, -0.2) is 32.9 Å². The molecular formula is C22H34N6O. The van der Waals surface area contributed by atoms with E-state index in [0.717, 1.165) is 28.9 Å². The lowest BCUT2D eigenvalue weighted by Crippen LogP contribution is -2.42. The van der Waals surface area contributed by atoms with E-state index in [9.17, 15) is 0 Å². The summed E-state index contributed by atoms with van der Waals surface area (Å²) in [7, 11) is 1.98. The third-order valence-electron chi connectivity index (χ3n) is 5.29. The zero-order chi connectivity index (χ0) is 20.8. The smallest absolute Gasteiger partial charge is 0.192 e. The zero-order valence-corrected chi connectivity index (χ0v) is 18.3. The van der Waals surface area contributed by atoms with E-state index in [1.807, 2.05) is 32.4 Å². The molecule has 7 heteroatoms. The van der Waals surface area contributed by atoms with E-state index in [-0.39, 0.29) is 6.10 Å². The maximum Gasteiger partial charge on any atom is 0.192 e. The fourth-order valence-electron chi connectivity index (χ4n) is 3.50. The number of hydrogen-bond acceptors (Lipinski definition) is 4. The van der Waals surface area contributed by atoms with Gasteiger partial charge in [0.25, 0.3) is 0 Å². The Balaban J connectivity index is 1.74. The SMILES string of the molecule is Cc1ccc(CN=C(NCc2nnc(C)n2C)NC2CCCC2)c(OC(C)C)c1. The molecule has 0 saturated heterocycles. The summed E-state index contributed by atoms with van der Waals surface area (Å²) >= 11 is 0. The lowest BCUT2D eigenvalue weighted by molar-refractivity contribution is 0.240. The number of aromatic nitrogens is 3. The number of benzene rings is 1. The summed E-state index contributed by atoms with van der Waals surface area (Å²) in [5, 5.41) is 15.4. The van der Waals surface area contributed by atoms with Gasteiger partial charge >= 0.3 is 0 Å². The van der Waals surface area contributed by atoms with Crippen LogP contribution in [-0.2, 0) is 20.1 Å². The van der Waals surface area contributed by atoms with Gasteiger partial charge < -0.3 is 19.9 Å². The molecule has 1 aromatic heterocycles. The van der Waals surface area contributed by atoms with E-state index in [0.29, 0.717) is 19.1 Å². The molecule has 1 aliphatic carbocycles. The molecule has 1 aliphatic rings. The maximum absolute atomic E-state index is 6.01. The predicted octanol–water partition coefficient (Wildman–Crippen LogP) is 3.40. The van der Waals surface area contributed by atoms with Gasteiger partial charge in [-0.15, -0.1) is 10.2 Å². The van der Waals surface area contributed by atoms with Gasteiger partial charge in [-0.3, -0.25) is 0 Å². The van der Waals surface area contributed by atoms with E-state index in [4.69, 9.17) is 9.73 Å². The van der Waals surface area contributed by atoms with E-state index >= 15 is 0 Å². The van der Waals surface area contributed by atoms with Gasteiger partial charge in [0, 0.05) is 18.7 Å². The minimum atomic E-state index is 0.132. The molecule has 29 heavy (non-hydrogen) atoms. The Morgan fingerprint density at radius 3 is 2.66 bits per heavy atom. The molecular weight excluding hydrogens is 364 g/mol. The molecule has 3 rings (SSSR count). The van der Waals surface area contributed by atoms with Crippen LogP contribution in [0.25, 0.3) is 0 Å². The second-order valence-corrected chi connectivity index (χ2v) is 8.14. The topological polar surface area (TPSA) is 76.4 Å². The molecule has 2 N–H and O–H groups in total. The number of aliphatic imine (C=N–C) groups is 1. The lowest BCUT2D eigenvalue weighted by atomic mass is 10.1. The molecule has 2 aromatic rings. The lowest BCUT2D eigenvalue weighted by Gasteiger charge is -2.18. The van der Waals surface area contributed by atoms with Gasteiger partial charge in [0.05, 0.1) is 19.2 Å². The van der Waals surface area contributed by atoms with Crippen molar-refractivity contribution in [2.75, 3.05) is 0 Å². The summed E-state index contributed by atoms with van der Waals surface area (Å²) < 4.78 is 8.00. The summed E-state index contributed by atoms with van der Waals surface area (Å²) in [5.74, 6) is 3.52. The highest BCUT2D eigenvalue weighted by Gasteiger charge is 2.17. The minimum absolute atomic E-state index is 0.132. The number of nitrogens with one attached hydrogen (secondary N) is 2. The second-order valence-electron chi connectivity index (χ2n) is 8.14. The Hall–Kier alpha value is -2.57. The first-order valence-electron chi connectivity index (χ1n) is 10.6. The quantitative estimate of drug-likeness (QED) is 0.552. The van der Waals surface area contributed by atoms with Crippen LogP contribution in [0.5, 0.6) is 5.75 Å². The monoisotopic (exact) mass is 398 g/mol. The number of aryl methyl sites for hydroxylation is 2. The molecule has 0 atom stereocenters. The number of ether oxygens (including phenoxy) is 1. The van der Waals surface area contributed by atoms with Gasteiger partial charge in [-0.05, 0) is 52.2 Å². The Morgan fingerprint density at radius 1 is 1.24 bits per heavy atom. The first-order valence-corrected chi connectivity index (χ1v) is 10.6. The highest BCUT2D eigenvalue weighted by molar-refractivity contribution is 5.80. The summed E-state index contributed by atoms with van der Waals surface area (Å²) in [4.78, 5) is 4.86. The van der Waals surface area contributed by atoms with Crippen LogP contribution in [0.3, 0.4) is 0 Å². The summed E-state index contributed by atoms with van der Waals surface area (Å²) in [5.41, 5.74) is 2.28.